The normalized spacial score (nSPS) is 23.8. The summed E-state index contributed by atoms with van der Waals surface area (Å²) < 4.78 is 5.14. The van der Waals surface area contributed by atoms with Gasteiger partial charge < -0.3 is 15.4 Å². The number of hydrogen-bond donors (Lipinski definition) is 1. The molecule has 0 aromatic heterocycles. The minimum atomic E-state index is -0.131. The van der Waals surface area contributed by atoms with Gasteiger partial charge in [0, 0.05) is 18.5 Å². The van der Waals surface area contributed by atoms with Gasteiger partial charge in [-0.25, -0.2) is 0 Å². The minimum Gasteiger partial charge on any atom is -0.497 e. The van der Waals surface area contributed by atoms with Crippen LogP contribution in [0, 0.1) is 0 Å². The molecule has 1 saturated heterocycles. The molecule has 0 bridgehead atoms. The maximum Gasteiger partial charge on any atom is 0.225 e. The molecule has 1 aliphatic rings. The Hall–Kier alpha value is -1.55. The lowest BCUT2D eigenvalue weighted by atomic mass is 10.00. The Morgan fingerprint density at radius 3 is 2.44 bits per heavy atom. The fourth-order valence-corrected chi connectivity index (χ4v) is 2.60. The number of benzene rings is 1. The van der Waals surface area contributed by atoms with E-state index in [1.807, 2.05) is 43.0 Å². The Morgan fingerprint density at radius 2 is 1.94 bits per heavy atom. The van der Waals surface area contributed by atoms with Gasteiger partial charge in [0.15, 0.2) is 0 Å². The van der Waals surface area contributed by atoms with Gasteiger partial charge in [-0.15, -0.1) is 0 Å². The van der Waals surface area contributed by atoms with Crippen LogP contribution in [-0.2, 0) is 4.79 Å². The summed E-state index contributed by atoms with van der Waals surface area (Å²) in [5, 5.41) is 0. The van der Waals surface area contributed by atoms with Gasteiger partial charge in [0.1, 0.15) is 5.75 Å². The third-order valence-electron chi connectivity index (χ3n) is 3.42. The molecular formula is C14H20N2O2. The summed E-state index contributed by atoms with van der Waals surface area (Å²) >= 11 is 0. The van der Waals surface area contributed by atoms with Crippen LogP contribution >= 0.6 is 0 Å². The van der Waals surface area contributed by atoms with Crippen LogP contribution in [0.4, 0.5) is 0 Å². The number of hydrogen-bond acceptors (Lipinski definition) is 3. The largest absolute Gasteiger partial charge is 0.497 e. The van der Waals surface area contributed by atoms with Gasteiger partial charge in [0.25, 0.3) is 0 Å². The molecule has 0 unspecified atom stereocenters. The Balaban J connectivity index is 2.31. The summed E-state index contributed by atoms with van der Waals surface area (Å²) in [6, 6.07) is 7.79. The van der Waals surface area contributed by atoms with E-state index in [4.69, 9.17) is 10.5 Å². The first-order valence-electron chi connectivity index (χ1n) is 6.25. The Morgan fingerprint density at radius 1 is 1.33 bits per heavy atom. The Kier molecular flexibility index (Phi) is 3.57. The predicted molar refractivity (Wildman–Crippen MR) is 70.3 cm³/mol. The topological polar surface area (TPSA) is 55.6 Å². The van der Waals surface area contributed by atoms with Gasteiger partial charge in [0.2, 0.25) is 5.91 Å². The zero-order valence-corrected chi connectivity index (χ0v) is 11.1. The Bertz CT molecular complexity index is 428. The van der Waals surface area contributed by atoms with E-state index in [2.05, 4.69) is 0 Å². The van der Waals surface area contributed by atoms with Crippen molar-refractivity contribution in [3.8, 4) is 5.75 Å². The standard InChI is InChI=1S/C14H20N2O2/c1-9(2)16-13(17)8-12(15)14(16)10-4-6-11(18-3)7-5-10/h4-7,9,12,14H,8,15H2,1-3H3/t12-,14+/m1/s1. The van der Waals surface area contributed by atoms with Gasteiger partial charge in [0.05, 0.1) is 13.2 Å². The van der Waals surface area contributed by atoms with E-state index in [9.17, 15) is 4.79 Å². The van der Waals surface area contributed by atoms with Gasteiger partial charge >= 0.3 is 0 Å². The van der Waals surface area contributed by atoms with Crippen LogP contribution in [0.1, 0.15) is 31.9 Å². The SMILES string of the molecule is COc1ccc([C@H]2[C@H](N)CC(=O)N2C(C)C)cc1. The molecule has 0 aliphatic carbocycles. The third kappa shape index (κ3) is 2.20. The van der Waals surface area contributed by atoms with Crippen molar-refractivity contribution in [2.75, 3.05) is 7.11 Å². The highest BCUT2D eigenvalue weighted by Crippen LogP contribution is 2.34. The second-order valence-corrected chi connectivity index (χ2v) is 4.98. The number of ether oxygens (including phenoxy) is 1. The number of rotatable bonds is 3. The fourth-order valence-electron chi connectivity index (χ4n) is 2.60. The third-order valence-corrected chi connectivity index (χ3v) is 3.42. The molecule has 1 aliphatic heterocycles. The van der Waals surface area contributed by atoms with Crippen LogP contribution in [0.15, 0.2) is 24.3 Å². The van der Waals surface area contributed by atoms with E-state index < -0.39 is 0 Å². The van der Waals surface area contributed by atoms with Crippen LogP contribution in [0.5, 0.6) is 5.75 Å². The van der Waals surface area contributed by atoms with E-state index in [0.29, 0.717) is 6.42 Å². The van der Waals surface area contributed by atoms with E-state index in [-0.39, 0.29) is 24.0 Å². The quantitative estimate of drug-likeness (QED) is 0.886. The maximum atomic E-state index is 12.0. The van der Waals surface area contributed by atoms with Crippen LogP contribution < -0.4 is 10.5 Å². The monoisotopic (exact) mass is 248 g/mol. The lowest BCUT2D eigenvalue weighted by Gasteiger charge is -2.30. The zero-order chi connectivity index (χ0) is 13.3. The van der Waals surface area contributed by atoms with Crippen molar-refractivity contribution in [2.45, 2.75) is 38.4 Å². The smallest absolute Gasteiger partial charge is 0.225 e. The van der Waals surface area contributed by atoms with Crippen LogP contribution in [0.25, 0.3) is 0 Å². The highest BCUT2D eigenvalue weighted by molar-refractivity contribution is 5.80. The van der Waals surface area contributed by atoms with Crippen LogP contribution in [0.2, 0.25) is 0 Å². The van der Waals surface area contributed by atoms with Gasteiger partial charge in [-0.05, 0) is 31.5 Å². The van der Waals surface area contributed by atoms with E-state index in [0.717, 1.165) is 11.3 Å². The zero-order valence-electron chi connectivity index (χ0n) is 11.1. The number of nitrogens with two attached hydrogens (primary N) is 1. The van der Waals surface area contributed by atoms with Crippen molar-refractivity contribution in [1.29, 1.82) is 0 Å². The lowest BCUT2D eigenvalue weighted by Crippen LogP contribution is -2.37. The number of carbonyl (C=O) groups excluding carboxylic acids is 1. The molecule has 0 saturated carbocycles. The van der Waals surface area contributed by atoms with E-state index in [1.54, 1.807) is 7.11 Å². The van der Waals surface area contributed by atoms with E-state index in [1.165, 1.54) is 0 Å². The molecule has 1 aromatic rings. The molecule has 4 heteroatoms. The van der Waals surface area contributed by atoms with Crippen LogP contribution in [0.3, 0.4) is 0 Å². The van der Waals surface area contributed by atoms with Gasteiger partial charge in [-0.2, -0.15) is 0 Å². The predicted octanol–water partition coefficient (Wildman–Crippen LogP) is 1.70. The number of nitrogens with zero attached hydrogens (tertiary/aromatic N) is 1. The maximum absolute atomic E-state index is 12.0. The molecule has 1 heterocycles. The highest BCUT2D eigenvalue weighted by atomic mass is 16.5. The summed E-state index contributed by atoms with van der Waals surface area (Å²) in [4.78, 5) is 13.8. The van der Waals surface area contributed by atoms with Gasteiger partial charge in [-0.1, -0.05) is 12.1 Å². The number of likely N-dealkylation sites (tertiary alicyclic amines) is 1. The molecule has 1 amide bonds. The summed E-state index contributed by atoms with van der Waals surface area (Å²) in [6.07, 6.45) is 0.425. The van der Waals surface area contributed by atoms with Crippen molar-refractivity contribution in [3.05, 3.63) is 29.8 Å². The Labute approximate surface area is 108 Å². The van der Waals surface area contributed by atoms with Crippen LogP contribution in [-0.4, -0.2) is 30.0 Å². The molecular weight excluding hydrogens is 228 g/mol. The molecule has 1 fully saturated rings. The van der Waals surface area contributed by atoms with Crippen molar-refractivity contribution in [2.24, 2.45) is 5.73 Å². The molecule has 1 aromatic carbocycles. The first-order valence-corrected chi connectivity index (χ1v) is 6.25. The molecule has 0 radical (unpaired) electrons. The number of amides is 1. The lowest BCUT2D eigenvalue weighted by molar-refractivity contribution is -0.130. The minimum absolute atomic E-state index is 0.0246. The summed E-state index contributed by atoms with van der Waals surface area (Å²) in [5.41, 5.74) is 7.18. The van der Waals surface area contributed by atoms with Crippen molar-refractivity contribution >= 4 is 5.91 Å². The first kappa shape index (κ1) is 12.9. The average molecular weight is 248 g/mol. The first-order chi connectivity index (χ1) is 8.54. The second kappa shape index (κ2) is 4.98. The van der Waals surface area contributed by atoms with Crippen molar-refractivity contribution in [1.82, 2.24) is 4.90 Å². The van der Waals surface area contributed by atoms with Gasteiger partial charge in [-0.3, -0.25) is 4.79 Å². The summed E-state index contributed by atoms with van der Waals surface area (Å²) in [5.74, 6) is 0.950. The molecule has 4 nitrogen and oxygen atoms in total. The molecule has 2 N–H and O–H groups in total. The average Bonchev–Trinajstić information content (AvgIpc) is 2.64. The fraction of sp³-hybridized carbons (Fsp3) is 0.500. The molecule has 98 valence electrons. The van der Waals surface area contributed by atoms with Crippen molar-refractivity contribution in [3.63, 3.8) is 0 Å². The number of methoxy groups -OCH3 is 1. The second-order valence-electron chi connectivity index (χ2n) is 4.98. The molecule has 0 spiro atoms. The van der Waals surface area contributed by atoms with Crippen molar-refractivity contribution < 1.29 is 9.53 Å². The molecule has 2 rings (SSSR count). The molecule has 2 atom stereocenters. The van der Waals surface area contributed by atoms with E-state index >= 15 is 0 Å². The summed E-state index contributed by atoms with van der Waals surface area (Å²) in [6.45, 7) is 4.04. The molecule has 18 heavy (non-hydrogen) atoms. The number of carbonyl (C=O) groups is 1. The highest BCUT2D eigenvalue weighted by Gasteiger charge is 2.39. The summed E-state index contributed by atoms with van der Waals surface area (Å²) in [7, 11) is 1.64.